The minimum absolute atomic E-state index is 0.926. The highest BCUT2D eigenvalue weighted by atomic mass is 16.5. The van der Waals surface area contributed by atoms with Gasteiger partial charge in [-0.05, 0) is 19.7 Å². The maximum atomic E-state index is 5.33. The Hall–Kier alpha value is -1.06. The van der Waals surface area contributed by atoms with E-state index in [1.54, 1.807) is 7.11 Å². The zero-order valence-electron chi connectivity index (χ0n) is 10.5. The van der Waals surface area contributed by atoms with Gasteiger partial charge in [0.25, 0.3) is 0 Å². The molecule has 0 aromatic heterocycles. The molecule has 0 saturated heterocycles. The summed E-state index contributed by atoms with van der Waals surface area (Å²) in [6.45, 7) is 6.16. The van der Waals surface area contributed by atoms with Gasteiger partial charge in [0, 0.05) is 25.2 Å². The van der Waals surface area contributed by atoms with Crippen LogP contribution in [-0.4, -0.2) is 38.7 Å². The van der Waals surface area contributed by atoms with Gasteiger partial charge in [-0.3, -0.25) is 0 Å². The largest absolute Gasteiger partial charge is 0.496 e. The molecule has 0 aliphatic carbocycles. The second-order valence-electron chi connectivity index (χ2n) is 3.90. The van der Waals surface area contributed by atoms with Crippen LogP contribution in [0.2, 0.25) is 0 Å². The lowest BCUT2D eigenvalue weighted by Crippen LogP contribution is -2.28. The number of ether oxygens (including phenoxy) is 1. The third-order valence-corrected chi connectivity index (χ3v) is 2.55. The van der Waals surface area contributed by atoms with E-state index in [1.807, 2.05) is 12.1 Å². The predicted octanol–water partition coefficient (Wildman–Crippen LogP) is 1.74. The summed E-state index contributed by atoms with van der Waals surface area (Å²) in [5.74, 6) is 0.970. The lowest BCUT2D eigenvalue weighted by molar-refractivity contribution is 0.316. The molecule has 1 aromatic carbocycles. The molecule has 3 nitrogen and oxygen atoms in total. The summed E-state index contributed by atoms with van der Waals surface area (Å²) < 4.78 is 5.33. The van der Waals surface area contributed by atoms with E-state index in [1.165, 1.54) is 5.56 Å². The molecule has 90 valence electrons. The quantitative estimate of drug-likeness (QED) is 0.711. The van der Waals surface area contributed by atoms with E-state index < -0.39 is 0 Å². The lowest BCUT2D eigenvalue weighted by Gasteiger charge is -2.18. The zero-order chi connectivity index (χ0) is 11.8. The second-order valence-corrected chi connectivity index (χ2v) is 3.90. The number of likely N-dealkylation sites (N-methyl/N-ethyl adjacent to an activating group) is 2. The molecule has 0 radical (unpaired) electrons. The van der Waals surface area contributed by atoms with Gasteiger partial charge < -0.3 is 15.0 Å². The number of nitrogens with zero attached hydrogens (tertiary/aromatic N) is 1. The first-order valence-corrected chi connectivity index (χ1v) is 5.79. The fourth-order valence-corrected chi connectivity index (χ4v) is 1.65. The monoisotopic (exact) mass is 222 g/mol. The Balaban J connectivity index is 2.45. The average molecular weight is 222 g/mol. The number of para-hydroxylation sites is 1. The van der Waals surface area contributed by atoms with Crippen molar-refractivity contribution in [1.29, 1.82) is 0 Å². The van der Waals surface area contributed by atoms with Crippen LogP contribution in [0.25, 0.3) is 0 Å². The normalized spacial score (nSPS) is 10.8. The minimum atomic E-state index is 0.926. The van der Waals surface area contributed by atoms with Crippen molar-refractivity contribution in [1.82, 2.24) is 10.2 Å². The summed E-state index contributed by atoms with van der Waals surface area (Å²) in [6, 6.07) is 8.17. The highest BCUT2D eigenvalue weighted by molar-refractivity contribution is 5.32. The van der Waals surface area contributed by atoms with Gasteiger partial charge in [0.2, 0.25) is 0 Å². The Kier molecular flexibility index (Phi) is 5.90. The fourth-order valence-electron chi connectivity index (χ4n) is 1.65. The molecule has 16 heavy (non-hydrogen) atoms. The van der Waals surface area contributed by atoms with Crippen LogP contribution < -0.4 is 10.1 Å². The van der Waals surface area contributed by atoms with E-state index >= 15 is 0 Å². The highest BCUT2D eigenvalue weighted by Crippen LogP contribution is 2.18. The Labute approximate surface area is 98.4 Å². The molecule has 0 amide bonds. The van der Waals surface area contributed by atoms with Gasteiger partial charge >= 0.3 is 0 Å². The van der Waals surface area contributed by atoms with Crippen molar-refractivity contribution in [2.24, 2.45) is 0 Å². The highest BCUT2D eigenvalue weighted by Gasteiger charge is 2.04. The Bertz CT molecular complexity index is 302. The van der Waals surface area contributed by atoms with Crippen LogP contribution in [0.1, 0.15) is 12.5 Å². The van der Waals surface area contributed by atoms with Crippen molar-refractivity contribution in [3.05, 3.63) is 29.8 Å². The van der Waals surface area contributed by atoms with E-state index in [4.69, 9.17) is 4.74 Å². The first-order chi connectivity index (χ1) is 7.77. The third kappa shape index (κ3) is 4.21. The van der Waals surface area contributed by atoms with E-state index in [0.29, 0.717) is 0 Å². The molecule has 0 saturated carbocycles. The molecule has 3 heteroatoms. The van der Waals surface area contributed by atoms with Crippen LogP contribution in [-0.2, 0) is 6.54 Å². The van der Waals surface area contributed by atoms with E-state index in [2.05, 4.69) is 36.3 Å². The molecule has 0 heterocycles. The van der Waals surface area contributed by atoms with Gasteiger partial charge in [-0.1, -0.05) is 25.1 Å². The van der Waals surface area contributed by atoms with Crippen LogP contribution in [0.3, 0.4) is 0 Å². The van der Waals surface area contributed by atoms with Crippen LogP contribution in [0, 0.1) is 0 Å². The third-order valence-electron chi connectivity index (χ3n) is 2.55. The van der Waals surface area contributed by atoms with Crippen molar-refractivity contribution in [2.75, 3.05) is 33.8 Å². The van der Waals surface area contributed by atoms with E-state index in [-0.39, 0.29) is 0 Å². The molecule has 1 aromatic rings. The van der Waals surface area contributed by atoms with Crippen molar-refractivity contribution in [3.8, 4) is 5.75 Å². The zero-order valence-corrected chi connectivity index (χ0v) is 10.5. The fraction of sp³-hybridized carbons (Fsp3) is 0.538. The van der Waals surface area contributed by atoms with Gasteiger partial charge in [-0.2, -0.15) is 0 Å². The summed E-state index contributed by atoms with van der Waals surface area (Å²) in [5, 5.41) is 3.32. The summed E-state index contributed by atoms with van der Waals surface area (Å²) in [5.41, 5.74) is 1.24. The molecule has 0 bridgehead atoms. The van der Waals surface area contributed by atoms with Gasteiger partial charge in [-0.25, -0.2) is 0 Å². The number of hydrogen-bond donors (Lipinski definition) is 1. The van der Waals surface area contributed by atoms with Crippen LogP contribution >= 0.6 is 0 Å². The summed E-state index contributed by atoms with van der Waals surface area (Å²) >= 11 is 0. The summed E-state index contributed by atoms with van der Waals surface area (Å²) in [4.78, 5) is 2.29. The van der Waals surface area contributed by atoms with Crippen molar-refractivity contribution in [2.45, 2.75) is 13.5 Å². The molecule has 0 fully saturated rings. The Morgan fingerprint density at radius 2 is 2.06 bits per heavy atom. The minimum Gasteiger partial charge on any atom is -0.496 e. The lowest BCUT2D eigenvalue weighted by atomic mass is 10.2. The molecular weight excluding hydrogens is 200 g/mol. The molecular formula is C13H22N2O. The Morgan fingerprint density at radius 3 is 2.75 bits per heavy atom. The van der Waals surface area contributed by atoms with Gasteiger partial charge in [0.15, 0.2) is 0 Å². The van der Waals surface area contributed by atoms with Crippen LogP contribution in [0.5, 0.6) is 5.75 Å². The predicted molar refractivity (Wildman–Crippen MR) is 67.9 cm³/mol. The standard InChI is InChI=1S/C13H22N2O/c1-4-14-9-10-15(2)11-12-7-5-6-8-13(12)16-3/h5-8,14H,4,9-11H2,1-3H3. The maximum Gasteiger partial charge on any atom is 0.123 e. The number of rotatable bonds is 7. The summed E-state index contributed by atoms with van der Waals surface area (Å²) in [7, 11) is 3.85. The average Bonchev–Trinajstić information content (AvgIpc) is 2.30. The molecule has 0 spiro atoms. The van der Waals surface area contributed by atoms with Crippen molar-refractivity contribution < 1.29 is 4.74 Å². The SMILES string of the molecule is CCNCCN(C)Cc1ccccc1OC. The topological polar surface area (TPSA) is 24.5 Å². The molecule has 0 aliphatic rings. The number of benzene rings is 1. The second kappa shape index (κ2) is 7.25. The molecule has 0 unspecified atom stereocenters. The molecule has 1 rings (SSSR count). The molecule has 0 aliphatic heterocycles. The van der Waals surface area contributed by atoms with Crippen molar-refractivity contribution in [3.63, 3.8) is 0 Å². The number of hydrogen-bond acceptors (Lipinski definition) is 3. The first-order valence-electron chi connectivity index (χ1n) is 5.79. The smallest absolute Gasteiger partial charge is 0.123 e. The van der Waals surface area contributed by atoms with Gasteiger partial charge in [0.05, 0.1) is 7.11 Å². The maximum absolute atomic E-state index is 5.33. The van der Waals surface area contributed by atoms with Crippen molar-refractivity contribution >= 4 is 0 Å². The van der Waals surface area contributed by atoms with Gasteiger partial charge in [-0.15, -0.1) is 0 Å². The van der Waals surface area contributed by atoms with E-state index in [0.717, 1.165) is 31.9 Å². The number of nitrogens with one attached hydrogen (secondary N) is 1. The van der Waals surface area contributed by atoms with Crippen LogP contribution in [0.15, 0.2) is 24.3 Å². The number of methoxy groups -OCH3 is 1. The molecule has 1 N–H and O–H groups in total. The van der Waals surface area contributed by atoms with Gasteiger partial charge in [0.1, 0.15) is 5.75 Å². The Morgan fingerprint density at radius 1 is 1.31 bits per heavy atom. The van der Waals surface area contributed by atoms with E-state index in [9.17, 15) is 0 Å². The first kappa shape index (κ1) is 13.0. The molecule has 0 atom stereocenters. The summed E-state index contributed by atoms with van der Waals surface area (Å²) in [6.07, 6.45) is 0. The van der Waals surface area contributed by atoms with Crippen LogP contribution in [0.4, 0.5) is 0 Å².